The lowest BCUT2D eigenvalue weighted by Gasteiger charge is -2.09. The normalized spacial score (nSPS) is 10.7. The minimum absolute atomic E-state index is 0.100. The predicted octanol–water partition coefficient (Wildman–Crippen LogP) is 4.56. The Bertz CT molecular complexity index is 1130. The largest absolute Gasteiger partial charge is 0.493 e. The Morgan fingerprint density at radius 2 is 1.93 bits per heavy atom. The number of thiophene rings is 1. The molecule has 0 aliphatic rings. The molecule has 0 spiro atoms. The molecule has 0 aliphatic carbocycles. The smallest absolute Gasteiger partial charge is 0.225 e. The van der Waals surface area contributed by atoms with Crippen molar-refractivity contribution in [3.8, 4) is 22.8 Å². The molecule has 0 atom stereocenters. The van der Waals surface area contributed by atoms with Crippen LogP contribution in [-0.4, -0.2) is 34.1 Å². The number of aromatic nitrogens is 3. The molecular weight excluding hydrogens is 400 g/mol. The fourth-order valence-electron chi connectivity index (χ4n) is 2.95. The fourth-order valence-corrected chi connectivity index (χ4v) is 3.85. The van der Waals surface area contributed by atoms with Crippen LogP contribution in [0.1, 0.15) is 13.3 Å². The van der Waals surface area contributed by atoms with Crippen molar-refractivity contribution < 1.29 is 14.3 Å². The molecule has 152 valence electrons. The number of anilines is 1. The number of benzene rings is 1. The van der Waals surface area contributed by atoms with Gasteiger partial charge >= 0.3 is 0 Å². The summed E-state index contributed by atoms with van der Waals surface area (Å²) in [4.78, 5) is 24.8. The van der Waals surface area contributed by atoms with Gasteiger partial charge in [0, 0.05) is 47.9 Å². The van der Waals surface area contributed by atoms with Crippen LogP contribution in [0.15, 0.2) is 60.5 Å². The highest BCUT2D eigenvalue weighted by Crippen LogP contribution is 2.37. The van der Waals surface area contributed by atoms with Crippen molar-refractivity contribution in [3.05, 3.63) is 60.5 Å². The first-order valence-electron chi connectivity index (χ1n) is 9.46. The zero-order valence-corrected chi connectivity index (χ0v) is 17.2. The van der Waals surface area contributed by atoms with E-state index in [9.17, 15) is 4.79 Å². The first-order valence-corrected chi connectivity index (χ1v) is 10.3. The quantitative estimate of drug-likeness (QED) is 0.421. The lowest BCUT2D eigenvalue weighted by molar-refractivity contribution is -0.114. The van der Waals surface area contributed by atoms with E-state index in [4.69, 9.17) is 9.47 Å². The molecular formula is C22H20N4O3S. The van der Waals surface area contributed by atoms with Crippen molar-refractivity contribution in [2.75, 3.05) is 18.5 Å². The van der Waals surface area contributed by atoms with Gasteiger partial charge in [-0.15, -0.1) is 11.3 Å². The number of nitrogens with zero attached hydrogens (tertiary/aromatic N) is 3. The van der Waals surface area contributed by atoms with Crippen LogP contribution in [-0.2, 0) is 4.79 Å². The molecule has 30 heavy (non-hydrogen) atoms. The molecule has 3 heterocycles. The number of amides is 1. The maximum absolute atomic E-state index is 11.1. The highest BCUT2D eigenvalue weighted by atomic mass is 32.1. The summed E-state index contributed by atoms with van der Waals surface area (Å²) < 4.78 is 11.7. The minimum Gasteiger partial charge on any atom is -0.493 e. The summed E-state index contributed by atoms with van der Waals surface area (Å²) in [5, 5.41) is 5.69. The fraction of sp³-hybridized carbons (Fsp3) is 0.182. The second-order valence-electron chi connectivity index (χ2n) is 6.51. The highest BCUT2D eigenvalue weighted by Gasteiger charge is 2.14. The number of carbonyl (C=O) groups is 1. The zero-order valence-electron chi connectivity index (χ0n) is 16.4. The second kappa shape index (κ2) is 9.32. The SMILES string of the molecule is CC(=O)Nc1ccc(OCCCOc2ncnc3scc(-c4cccnc4)c23)cc1. The summed E-state index contributed by atoms with van der Waals surface area (Å²) in [6, 6.07) is 11.2. The number of fused-ring (bicyclic) bond motifs is 1. The van der Waals surface area contributed by atoms with E-state index < -0.39 is 0 Å². The van der Waals surface area contributed by atoms with Crippen LogP contribution in [0.4, 0.5) is 5.69 Å². The third kappa shape index (κ3) is 4.72. The monoisotopic (exact) mass is 420 g/mol. The predicted molar refractivity (Wildman–Crippen MR) is 117 cm³/mol. The number of hydrogen-bond acceptors (Lipinski definition) is 7. The Balaban J connectivity index is 1.34. The van der Waals surface area contributed by atoms with Crippen molar-refractivity contribution in [2.24, 2.45) is 0 Å². The van der Waals surface area contributed by atoms with Gasteiger partial charge in [-0.1, -0.05) is 6.07 Å². The van der Waals surface area contributed by atoms with Gasteiger partial charge in [0.2, 0.25) is 11.8 Å². The molecule has 7 nitrogen and oxygen atoms in total. The number of hydrogen-bond donors (Lipinski definition) is 1. The van der Waals surface area contributed by atoms with Crippen LogP contribution in [0.25, 0.3) is 21.3 Å². The summed E-state index contributed by atoms with van der Waals surface area (Å²) >= 11 is 1.56. The van der Waals surface area contributed by atoms with Crippen LogP contribution in [0, 0.1) is 0 Å². The van der Waals surface area contributed by atoms with Gasteiger partial charge in [-0.2, -0.15) is 0 Å². The van der Waals surface area contributed by atoms with E-state index in [1.165, 1.54) is 13.3 Å². The molecule has 0 aliphatic heterocycles. The first-order chi connectivity index (χ1) is 14.7. The van der Waals surface area contributed by atoms with E-state index in [1.54, 1.807) is 29.7 Å². The summed E-state index contributed by atoms with van der Waals surface area (Å²) in [5.41, 5.74) is 2.77. The molecule has 4 rings (SSSR count). The Labute approximate surface area is 177 Å². The lowest BCUT2D eigenvalue weighted by Crippen LogP contribution is -2.07. The first kappa shape index (κ1) is 19.8. The molecule has 0 saturated carbocycles. The van der Waals surface area contributed by atoms with Gasteiger partial charge in [0.05, 0.1) is 18.6 Å². The summed E-state index contributed by atoms with van der Waals surface area (Å²) in [7, 11) is 0. The Kier molecular flexibility index (Phi) is 6.14. The van der Waals surface area contributed by atoms with Crippen LogP contribution in [0.2, 0.25) is 0 Å². The summed E-state index contributed by atoms with van der Waals surface area (Å²) in [6.07, 6.45) is 5.79. The van der Waals surface area contributed by atoms with Crippen molar-refractivity contribution in [1.82, 2.24) is 15.0 Å². The maximum atomic E-state index is 11.1. The number of nitrogens with one attached hydrogen (secondary N) is 1. The highest BCUT2D eigenvalue weighted by molar-refractivity contribution is 7.17. The number of rotatable bonds is 8. The number of ether oxygens (including phenoxy) is 2. The van der Waals surface area contributed by atoms with E-state index in [0.717, 1.165) is 32.8 Å². The van der Waals surface area contributed by atoms with E-state index in [0.29, 0.717) is 25.5 Å². The molecule has 0 saturated heterocycles. The van der Waals surface area contributed by atoms with E-state index >= 15 is 0 Å². The zero-order chi connectivity index (χ0) is 20.8. The Morgan fingerprint density at radius 1 is 1.10 bits per heavy atom. The Hall–Kier alpha value is -3.52. The van der Waals surface area contributed by atoms with Crippen molar-refractivity contribution in [1.29, 1.82) is 0 Å². The lowest BCUT2D eigenvalue weighted by atomic mass is 10.1. The van der Waals surface area contributed by atoms with Gasteiger partial charge in [0.1, 0.15) is 16.9 Å². The molecule has 0 bridgehead atoms. The minimum atomic E-state index is -0.100. The average Bonchev–Trinajstić information content (AvgIpc) is 3.20. The number of carbonyl (C=O) groups excluding carboxylic acids is 1. The van der Waals surface area contributed by atoms with Gasteiger partial charge in [-0.25, -0.2) is 9.97 Å². The van der Waals surface area contributed by atoms with Crippen LogP contribution >= 0.6 is 11.3 Å². The molecule has 1 N–H and O–H groups in total. The van der Waals surface area contributed by atoms with Crippen molar-refractivity contribution >= 4 is 33.1 Å². The van der Waals surface area contributed by atoms with Gasteiger partial charge in [-0.05, 0) is 30.3 Å². The van der Waals surface area contributed by atoms with Crippen LogP contribution in [0.3, 0.4) is 0 Å². The van der Waals surface area contributed by atoms with E-state index in [1.807, 2.05) is 30.5 Å². The second-order valence-corrected chi connectivity index (χ2v) is 7.36. The Morgan fingerprint density at radius 3 is 2.70 bits per heavy atom. The standard InChI is InChI=1S/C22H20N4O3S/c1-15(27)26-17-5-7-18(8-6-17)28-10-3-11-29-21-20-19(16-4-2-9-23-12-16)13-30-22(20)25-14-24-21/h2,4-9,12-14H,3,10-11H2,1H3,(H,26,27). The van der Waals surface area contributed by atoms with Crippen LogP contribution in [0.5, 0.6) is 11.6 Å². The van der Waals surface area contributed by atoms with Gasteiger partial charge in [0.15, 0.2) is 0 Å². The van der Waals surface area contributed by atoms with E-state index in [-0.39, 0.29) is 5.91 Å². The number of pyridine rings is 1. The molecule has 8 heteroatoms. The van der Waals surface area contributed by atoms with Crippen LogP contribution < -0.4 is 14.8 Å². The van der Waals surface area contributed by atoms with Gasteiger partial charge < -0.3 is 14.8 Å². The molecule has 1 amide bonds. The molecule has 0 fully saturated rings. The molecule has 3 aromatic heterocycles. The molecule has 1 aromatic carbocycles. The molecule has 4 aromatic rings. The van der Waals surface area contributed by atoms with Crippen molar-refractivity contribution in [3.63, 3.8) is 0 Å². The topological polar surface area (TPSA) is 86.2 Å². The molecule has 0 unspecified atom stereocenters. The van der Waals surface area contributed by atoms with E-state index in [2.05, 4.69) is 25.6 Å². The van der Waals surface area contributed by atoms with Crippen molar-refractivity contribution in [2.45, 2.75) is 13.3 Å². The van der Waals surface area contributed by atoms with Gasteiger partial charge in [0.25, 0.3) is 0 Å². The van der Waals surface area contributed by atoms with Gasteiger partial charge in [-0.3, -0.25) is 9.78 Å². The maximum Gasteiger partial charge on any atom is 0.225 e. The molecule has 0 radical (unpaired) electrons. The third-order valence-corrected chi connectivity index (χ3v) is 5.17. The third-order valence-electron chi connectivity index (χ3n) is 4.28. The summed E-state index contributed by atoms with van der Waals surface area (Å²) in [6.45, 7) is 2.46. The summed E-state index contributed by atoms with van der Waals surface area (Å²) in [5.74, 6) is 1.21. The average molecular weight is 420 g/mol.